The van der Waals surface area contributed by atoms with Gasteiger partial charge < -0.3 is 4.74 Å². The zero-order valence-electron chi connectivity index (χ0n) is 13.2. The van der Waals surface area contributed by atoms with Gasteiger partial charge in [-0.25, -0.2) is 5.43 Å². The molecule has 0 aliphatic heterocycles. The van der Waals surface area contributed by atoms with Crippen LogP contribution < -0.4 is 10.2 Å². The topological polar surface area (TPSA) is 50.7 Å². The summed E-state index contributed by atoms with van der Waals surface area (Å²) in [7, 11) is 0. The minimum absolute atomic E-state index is 0.0132. The predicted octanol–water partition coefficient (Wildman–Crippen LogP) is 3.43. The molecule has 2 aromatic carbocycles. The van der Waals surface area contributed by atoms with Gasteiger partial charge in [0.15, 0.2) is 0 Å². The standard InChI is InChI=1S/C19H20N2O2/c1-14-2-4-16(5-3-14)13-23-18-10-6-15(7-11-18)12-20-21-19(22)17-8-9-17/h2-7,10-12,17H,8-9,13H2,1H3,(H,21,22)/b20-12-. The lowest BCUT2D eigenvalue weighted by Crippen LogP contribution is -2.18. The SMILES string of the molecule is Cc1ccc(COc2ccc(/C=N\NC(=O)C3CC3)cc2)cc1. The quantitative estimate of drug-likeness (QED) is 0.656. The van der Waals surface area contributed by atoms with Crippen molar-refractivity contribution in [1.82, 2.24) is 5.43 Å². The smallest absolute Gasteiger partial charge is 0.243 e. The van der Waals surface area contributed by atoms with Crippen LogP contribution in [0.15, 0.2) is 53.6 Å². The highest BCUT2D eigenvalue weighted by molar-refractivity contribution is 5.84. The molecule has 0 saturated heterocycles. The third kappa shape index (κ3) is 4.68. The molecule has 0 unspecified atom stereocenters. The van der Waals surface area contributed by atoms with Gasteiger partial charge in [-0.2, -0.15) is 5.10 Å². The van der Waals surface area contributed by atoms with Crippen molar-refractivity contribution < 1.29 is 9.53 Å². The van der Waals surface area contributed by atoms with E-state index in [4.69, 9.17) is 4.74 Å². The van der Waals surface area contributed by atoms with Crippen molar-refractivity contribution in [1.29, 1.82) is 0 Å². The first-order valence-corrected chi connectivity index (χ1v) is 7.82. The molecule has 1 aliphatic carbocycles. The Hall–Kier alpha value is -2.62. The molecule has 4 nitrogen and oxygen atoms in total. The van der Waals surface area contributed by atoms with E-state index in [1.54, 1.807) is 6.21 Å². The third-order valence-corrected chi connectivity index (χ3v) is 3.74. The van der Waals surface area contributed by atoms with Crippen LogP contribution in [-0.4, -0.2) is 12.1 Å². The average Bonchev–Trinajstić information content (AvgIpc) is 3.40. The molecule has 0 heterocycles. The van der Waals surface area contributed by atoms with Gasteiger partial charge in [0, 0.05) is 5.92 Å². The summed E-state index contributed by atoms with van der Waals surface area (Å²) < 4.78 is 5.76. The van der Waals surface area contributed by atoms with Crippen molar-refractivity contribution in [2.75, 3.05) is 0 Å². The lowest BCUT2D eigenvalue weighted by molar-refractivity contribution is -0.122. The van der Waals surface area contributed by atoms with E-state index in [9.17, 15) is 4.79 Å². The van der Waals surface area contributed by atoms with Crippen molar-refractivity contribution in [2.24, 2.45) is 11.0 Å². The van der Waals surface area contributed by atoms with E-state index < -0.39 is 0 Å². The van der Waals surface area contributed by atoms with Crippen LogP contribution in [0.4, 0.5) is 0 Å². The van der Waals surface area contributed by atoms with Crippen LogP contribution in [0.5, 0.6) is 5.75 Å². The maximum Gasteiger partial charge on any atom is 0.243 e. The number of ether oxygens (including phenoxy) is 1. The summed E-state index contributed by atoms with van der Waals surface area (Å²) in [6, 6.07) is 15.9. The van der Waals surface area contributed by atoms with Gasteiger partial charge in [-0.05, 0) is 55.2 Å². The fraction of sp³-hybridized carbons (Fsp3) is 0.263. The molecule has 4 heteroatoms. The Bertz CT molecular complexity index is 686. The number of benzene rings is 2. The van der Waals surface area contributed by atoms with Gasteiger partial charge in [0.05, 0.1) is 6.21 Å². The maximum absolute atomic E-state index is 11.4. The van der Waals surface area contributed by atoms with Gasteiger partial charge in [0.2, 0.25) is 5.91 Å². The minimum atomic E-state index is 0.0132. The first-order valence-electron chi connectivity index (χ1n) is 7.82. The molecular formula is C19H20N2O2. The second-order valence-electron chi connectivity index (χ2n) is 5.85. The first kappa shape index (κ1) is 15.3. The van der Waals surface area contributed by atoms with Crippen molar-refractivity contribution in [3.05, 3.63) is 65.2 Å². The second kappa shape index (κ2) is 7.09. The molecule has 1 N–H and O–H groups in total. The largest absolute Gasteiger partial charge is 0.489 e. The van der Waals surface area contributed by atoms with Crippen molar-refractivity contribution >= 4 is 12.1 Å². The summed E-state index contributed by atoms with van der Waals surface area (Å²) in [5.74, 6) is 0.994. The van der Waals surface area contributed by atoms with Gasteiger partial charge >= 0.3 is 0 Å². The van der Waals surface area contributed by atoms with Crippen LogP contribution in [0.2, 0.25) is 0 Å². The number of amides is 1. The zero-order chi connectivity index (χ0) is 16.1. The van der Waals surface area contributed by atoms with Crippen LogP contribution in [0.1, 0.15) is 29.5 Å². The number of aryl methyl sites for hydroxylation is 1. The van der Waals surface area contributed by atoms with E-state index in [1.165, 1.54) is 5.56 Å². The Morgan fingerprint density at radius 1 is 1.17 bits per heavy atom. The van der Waals surface area contributed by atoms with E-state index in [-0.39, 0.29) is 11.8 Å². The Kier molecular flexibility index (Phi) is 4.71. The number of hydrogen-bond acceptors (Lipinski definition) is 3. The third-order valence-electron chi connectivity index (χ3n) is 3.74. The predicted molar refractivity (Wildman–Crippen MR) is 90.4 cm³/mol. The molecular weight excluding hydrogens is 288 g/mol. The van der Waals surface area contributed by atoms with Crippen LogP contribution in [-0.2, 0) is 11.4 Å². The zero-order valence-corrected chi connectivity index (χ0v) is 13.2. The summed E-state index contributed by atoms with van der Waals surface area (Å²) in [6.07, 6.45) is 3.60. The van der Waals surface area contributed by atoms with Crippen molar-refractivity contribution in [3.8, 4) is 5.75 Å². The van der Waals surface area contributed by atoms with Gasteiger partial charge in [-0.3, -0.25) is 4.79 Å². The number of hydrazone groups is 1. The molecule has 0 aromatic heterocycles. The Morgan fingerprint density at radius 3 is 2.52 bits per heavy atom. The Labute approximate surface area is 136 Å². The van der Waals surface area contributed by atoms with Gasteiger partial charge in [0.25, 0.3) is 0 Å². The highest BCUT2D eigenvalue weighted by Crippen LogP contribution is 2.28. The average molecular weight is 308 g/mol. The molecule has 118 valence electrons. The summed E-state index contributed by atoms with van der Waals surface area (Å²) in [5.41, 5.74) is 5.86. The Balaban J connectivity index is 1.49. The maximum atomic E-state index is 11.4. The second-order valence-corrected chi connectivity index (χ2v) is 5.85. The highest BCUT2D eigenvalue weighted by Gasteiger charge is 2.29. The van der Waals surface area contributed by atoms with Crippen molar-refractivity contribution in [3.63, 3.8) is 0 Å². The van der Waals surface area contributed by atoms with E-state index in [0.29, 0.717) is 6.61 Å². The number of nitrogens with zero attached hydrogens (tertiary/aromatic N) is 1. The summed E-state index contributed by atoms with van der Waals surface area (Å²) in [6.45, 7) is 2.61. The van der Waals surface area contributed by atoms with E-state index in [0.717, 1.165) is 29.7 Å². The van der Waals surface area contributed by atoms with Crippen LogP contribution in [0.25, 0.3) is 0 Å². The number of nitrogens with one attached hydrogen (secondary N) is 1. The number of hydrogen-bond donors (Lipinski definition) is 1. The monoisotopic (exact) mass is 308 g/mol. The van der Waals surface area contributed by atoms with Crippen LogP contribution >= 0.6 is 0 Å². The molecule has 0 atom stereocenters. The first-order chi connectivity index (χ1) is 11.2. The molecule has 1 amide bonds. The van der Waals surface area contributed by atoms with E-state index in [2.05, 4.69) is 41.7 Å². The van der Waals surface area contributed by atoms with E-state index >= 15 is 0 Å². The molecule has 1 fully saturated rings. The lowest BCUT2D eigenvalue weighted by Gasteiger charge is -2.06. The molecule has 0 bridgehead atoms. The van der Waals surface area contributed by atoms with Crippen LogP contribution in [0.3, 0.4) is 0 Å². The normalized spacial score (nSPS) is 14.0. The lowest BCUT2D eigenvalue weighted by atomic mass is 10.2. The molecule has 0 radical (unpaired) electrons. The molecule has 23 heavy (non-hydrogen) atoms. The summed E-state index contributed by atoms with van der Waals surface area (Å²) in [5, 5.41) is 3.97. The number of carbonyl (C=O) groups is 1. The van der Waals surface area contributed by atoms with Gasteiger partial charge in [0.1, 0.15) is 12.4 Å². The van der Waals surface area contributed by atoms with Crippen molar-refractivity contribution in [2.45, 2.75) is 26.4 Å². The van der Waals surface area contributed by atoms with E-state index in [1.807, 2.05) is 24.3 Å². The Morgan fingerprint density at radius 2 is 1.87 bits per heavy atom. The molecule has 0 spiro atoms. The number of carbonyl (C=O) groups excluding carboxylic acids is 1. The van der Waals surface area contributed by atoms with Gasteiger partial charge in [-0.1, -0.05) is 29.8 Å². The van der Waals surface area contributed by atoms with Gasteiger partial charge in [-0.15, -0.1) is 0 Å². The molecule has 1 saturated carbocycles. The molecule has 2 aromatic rings. The number of rotatable bonds is 6. The van der Waals surface area contributed by atoms with Crippen LogP contribution in [0, 0.1) is 12.8 Å². The molecule has 1 aliphatic rings. The fourth-order valence-electron chi connectivity index (χ4n) is 2.11. The fourth-order valence-corrected chi connectivity index (χ4v) is 2.11. The minimum Gasteiger partial charge on any atom is -0.489 e. The summed E-state index contributed by atoms with van der Waals surface area (Å²) in [4.78, 5) is 11.4. The highest BCUT2D eigenvalue weighted by atomic mass is 16.5. The summed E-state index contributed by atoms with van der Waals surface area (Å²) >= 11 is 0. The molecule has 3 rings (SSSR count).